The number of halogens is 2. The molecule has 2 N–H and O–H groups in total. The summed E-state index contributed by atoms with van der Waals surface area (Å²) >= 11 is 11.5. The predicted octanol–water partition coefficient (Wildman–Crippen LogP) is 2.49. The Balaban J connectivity index is 2.45. The largest absolute Gasteiger partial charge is 0.337 e. The van der Waals surface area contributed by atoms with E-state index in [1.165, 1.54) is 0 Å². The maximum atomic E-state index is 11.4. The summed E-state index contributed by atoms with van der Waals surface area (Å²) in [7, 11) is -0.916. The van der Waals surface area contributed by atoms with Crippen LogP contribution in [0.4, 0.5) is 10.5 Å². The number of carbonyl (C=O) groups is 1. The standard InChI is InChI=1S/C10H12Cl2N2O2S/c1-17(16)5-4-13-10(15)14-7-2-3-8(11)9(12)6-7/h2-3,6H,4-5H2,1H3,(H2,13,14,15). The highest BCUT2D eigenvalue weighted by Crippen LogP contribution is 2.24. The van der Waals surface area contributed by atoms with Gasteiger partial charge in [-0.1, -0.05) is 23.2 Å². The van der Waals surface area contributed by atoms with E-state index in [1.54, 1.807) is 24.5 Å². The molecule has 0 aliphatic rings. The third kappa shape index (κ3) is 5.39. The highest BCUT2D eigenvalue weighted by atomic mass is 35.5. The van der Waals surface area contributed by atoms with E-state index in [9.17, 15) is 9.00 Å². The van der Waals surface area contributed by atoms with E-state index >= 15 is 0 Å². The number of urea groups is 1. The fourth-order valence-corrected chi connectivity index (χ4v) is 1.75. The van der Waals surface area contributed by atoms with Gasteiger partial charge < -0.3 is 10.6 Å². The Kier molecular flexibility index (Phi) is 5.74. The van der Waals surface area contributed by atoms with Gasteiger partial charge in [0.05, 0.1) is 10.0 Å². The molecule has 4 nitrogen and oxygen atoms in total. The highest BCUT2D eigenvalue weighted by Gasteiger charge is 2.03. The van der Waals surface area contributed by atoms with Crippen LogP contribution in [0.3, 0.4) is 0 Å². The summed E-state index contributed by atoms with van der Waals surface area (Å²) in [6, 6.07) is 4.43. The summed E-state index contributed by atoms with van der Waals surface area (Å²) < 4.78 is 10.8. The zero-order valence-corrected chi connectivity index (χ0v) is 11.5. The van der Waals surface area contributed by atoms with Gasteiger partial charge in [0.2, 0.25) is 0 Å². The molecule has 0 saturated heterocycles. The molecule has 0 fully saturated rings. The van der Waals surface area contributed by atoms with Crippen molar-refractivity contribution in [2.75, 3.05) is 23.9 Å². The molecule has 1 aromatic carbocycles. The lowest BCUT2D eigenvalue weighted by Gasteiger charge is -2.07. The lowest BCUT2D eigenvalue weighted by molar-refractivity contribution is 0.252. The highest BCUT2D eigenvalue weighted by molar-refractivity contribution is 7.84. The van der Waals surface area contributed by atoms with E-state index in [0.717, 1.165) is 0 Å². The average Bonchev–Trinajstić information content (AvgIpc) is 2.23. The molecule has 1 atom stereocenters. The summed E-state index contributed by atoms with van der Waals surface area (Å²) in [6.45, 7) is 0.357. The minimum Gasteiger partial charge on any atom is -0.337 e. The van der Waals surface area contributed by atoms with Crippen molar-refractivity contribution in [1.29, 1.82) is 0 Å². The maximum Gasteiger partial charge on any atom is 0.319 e. The fourth-order valence-electron chi connectivity index (χ4n) is 1.06. The van der Waals surface area contributed by atoms with Gasteiger partial charge in [-0.3, -0.25) is 4.21 Å². The van der Waals surface area contributed by atoms with Crippen LogP contribution in [0.25, 0.3) is 0 Å². The maximum absolute atomic E-state index is 11.4. The van der Waals surface area contributed by atoms with Crippen LogP contribution in [0.5, 0.6) is 0 Å². The zero-order chi connectivity index (χ0) is 12.8. The molecule has 0 heterocycles. The van der Waals surface area contributed by atoms with Crippen LogP contribution < -0.4 is 10.6 Å². The zero-order valence-electron chi connectivity index (χ0n) is 9.13. The lowest BCUT2D eigenvalue weighted by Crippen LogP contribution is -2.31. The Morgan fingerprint density at radius 2 is 2.06 bits per heavy atom. The Morgan fingerprint density at radius 3 is 2.65 bits per heavy atom. The number of carbonyl (C=O) groups excluding carboxylic acids is 1. The van der Waals surface area contributed by atoms with Crippen molar-refractivity contribution in [2.45, 2.75) is 0 Å². The topological polar surface area (TPSA) is 58.2 Å². The molecule has 0 radical (unpaired) electrons. The summed E-state index contributed by atoms with van der Waals surface area (Å²) in [4.78, 5) is 11.4. The molecule has 0 aliphatic heterocycles. The summed E-state index contributed by atoms with van der Waals surface area (Å²) in [6.07, 6.45) is 1.58. The van der Waals surface area contributed by atoms with Crippen molar-refractivity contribution in [2.24, 2.45) is 0 Å². The molecule has 0 bridgehead atoms. The third-order valence-corrected chi connectivity index (χ3v) is 3.37. The normalized spacial score (nSPS) is 11.9. The Labute approximate surface area is 112 Å². The first-order valence-electron chi connectivity index (χ1n) is 4.79. The average molecular weight is 295 g/mol. The second-order valence-electron chi connectivity index (χ2n) is 3.29. The first-order valence-corrected chi connectivity index (χ1v) is 7.27. The summed E-state index contributed by atoms with van der Waals surface area (Å²) in [5.74, 6) is 0.425. The van der Waals surface area contributed by atoms with E-state index in [0.29, 0.717) is 28.0 Å². The number of hydrogen-bond donors (Lipinski definition) is 2. The van der Waals surface area contributed by atoms with Crippen molar-refractivity contribution < 1.29 is 9.00 Å². The van der Waals surface area contributed by atoms with E-state index in [2.05, 4.69) is 10.6 Å². The molecule has 0 aromatic heterocycles. The van der Waals surface area contributed by atoms with Gasteiger partial charge in [0.1, 0.15) is 0 Å². The molecule has 1 rings (SSSR count). The van der Waals surface area contributed by atoms with Crippen molar-refractivity contribution >= 4 is 45.7 Å². The predicted molar refractivity (Wildman–Crippen MR) is 72.4 cm³/mol. The van der Waals surface area contributed by atoms with Gasteiger partial charge >= 0.3 is 6.03 Å². The molecular weight excluding hydrogens is 283 g/mol. The van der Waals surface area contributed by atoms with Crippen molar-refractivity contribution in [3.05, 3.63) is 28.2 Å². The molecule has 0 saturated carbocycles. The van der Waals surface area contributed by atoms with Crippen molar-refractivity contribution in [1.82, 2.24) is 5.32 Å². The number of rotatable bonds is 4. The van der Waals surface area contributed by atoms with Crippen LogP contribution in [0.1, 0.15) is 0 Å². The SMILES string of the molecule is CS(=O)CCNC(=O)Nc1ccc(Cl)c(Cl)c1. The smallest absolute Gasteiger partial charge is 0.319 e. The van der Waals surface area contributed by atoms with Gasteiger partial charge in [-0.25, -0.2) is 4.79 Å². The molecule has 17 heavy (non-hydrogen) atoms. The summed E-state index contributed by atoms with van der Waals surface area (Å²) in [5, 5.41) is 5.97. The molecule has 7 heteroatoms. The second-order valence-corrected chi connectivity index (χ2v) is 5.66. The first-order chi connectivity index (χ1) is 7.99. The second kappa shape index (κ2) is 6.83. The molecule has 0 spiro atoms. The van der Waals surface area contributed by atoms with Crippen LogP contribution in [-0.2, 0) is 10.8 Å². The van der Waals surface area contributed by atoms with Gasteiger partial charge in [-0.05, 0) is 18.2 Å². The minimum absolute atomic E-state index is 0.357. The Morgan fingerprint density at radius 1 is 1.35 bits per heavy atom. The molecular formula is C10H12Cl2N2O2S. The van der Waals surface area contributed by atoms with Gasteiger partial charge in [0.15, 0.2) is 0 Å². The van der Waals surface area contributed by atoms with E-state index in [-0.39, 0.29) is 6.03 Å². The van der Waals surface area contributed by atoms with Gasteiger partial charge in [-0.2, -0.15) is 0 Å². The molecule has 94 valence electrons. The van der Waals surface area contributed by atoms with E-state index in [4.69, 9.17) is 23.2 Å². The van der Waals surface area contributed by atoms with Gasteiger partial charge in [0, 0.05) is 35.0 Å². The molecule has 0 aliphatic carbocycles. The quantitative estimate of drug-likeness (QED) is 0.896. The third-order valence-electron chi connectivity index (χ3n) is 1.85. The van der Waals surface area contributed by atoms with Gasteiger partial charge in [0.25, 0.3) is 0 Å². The van der Waals surface area contributed by atoms with Crippen LogP contribution >= 0.6 is 23.2 Å². The lowest BCUT2D eigenvalue weighted by atomic mass is 10.3. The van der Waals surface area contributed by atoms with Gasteiger partial charge in [-0.15, -0.1) is 0 Å². The number of amides is 2. The number of hydrogen-bond acceptors (Lipinski definition) is 2. The van der Waals surface area contributed by atoms with Crippen LogP contribution in [-0.4, -0.2) is 28.8 Å². The molecule has 1 aromatic rings. The van der Waals surface area contributed by atoms with E-state index < -0.39 is 10.8 Å². The van der Waals surface area contributed by atoms with Crippen LogP contribution in [0.15, 0.2) is 18.2 Å². The van der Waals surface area contributed by atoms with Crippen LogP contribution in [0.2, 0.25) is 10.0 Å². The Hall–Kier alpha value is -0.780. The first kappa shape index (κ1) is 14.3. The number of nitrogens with one attached hydrogen (secondary N) is 2. The van der Waals surface area contributed by atoms with Crippen molar-refractivity contribution in [3.8, 4) is 0 Å². The van der Waals surface area contributed by atoms with Crippen LogP contribution in [0, 0.1) is 0 Å². The fraction of sp³-hybridized carbons (Fsp3) is 0.300. The Bertz CT molecular complexity index is 440. The van der Waals surface area contributed by atoms with E-state index in [1.807, 2.05) is 0 Å². The van der Waals surface area contributed by atoms with Crippen molar-refractivity contribution in [3.63, 3.8) is 0 Å². The number of benzene rings is 1. The summed E-state index contributed by atoms with van der Waals surface area (Å²) in [5.41, 5.74) is 0.550. The number of anilines is 1. The monoisotopic (exact) mass is 294 g/mol. The molecule has 2 amide bonds. The molecule has 1 unspecified atom stereocenters. The minimum atomic E-state index is -0.916.